The van der Waals surface area contributed by atoms with Crippen molar-refractivity contribution in [1.29, 1.82) is 0 Å². The monoisotopic (exact) mass is 210 g/mol. The average Bonchev–Trinajstić information content (AvgIpc) is 2.58. The van der Waals surface area contributed by atoms with Crippen molar-refractivity contribution in [1.82, 2.24) is 0 Å². The molecular formula is C13H22O2. The lowest BCUT2D eigenvalue weighted by Gasteiger charge is -2.14. The summed E-state index contributed by atoms with van der Waals surface area (Å²) in [6, 6.07) is 0. The lowest BCUT2D eigenvalue weighted by atomic mass is 9.89. The summed E-state index contributed by atoms with van der Waals surface area (Å²) in [5.41, 5.74) is 0. The molecule has 15 heavy (non-hydrogen) atoms. The van der Waals surface area contributed by atoms with Crippen LogP contribution in [0.2, 0.25) is 0 Å². The molecule has 1 aliphatic heterocycles. The molecule has 0 bridgehead atoms. The summed E-state index contributed by atoms with van der Waals surface area (Å²) < 4.78 is 5.32. The fourth-order valence-electron chi connectivity index (χ4n) is 2.80. The van der Waals surface area contributed by atoms with Gasteiger partial charge in [0.15, 0.2) is 0 Å². The second-order valence-electron chi connectivity index (χ2n) is 5.09. The van der Waals surface area contributed by atoms with Crippen LogP contribution in [0.1, 0.15) is 51.4 Å². The van der Waals surface area contributed by atoms with Crippen LogP contribution in [0.3, 0.4) is 0 Å². The number of ketones is 1. The van der Waals surface area contributed by atoms with Crippen LogP contribution in [0.25, 0.3) is 0 Å². The third kappa shape index (κ3) is 3.30. The van der Waals surface area contributed by atoms with Crippen LogP contribution in [-0.4, -0.2) is 19.0 Å². The summed E-state index contributed by atoms with van der Waals surface area (Å²) in [6.45, 7) is 1.68. The minimum Gasteiger partial charge on any atom is -0.381 e. The summed E-state index contributed by atoms with van der Waals surface area (Å²) in [5, 5.41) is 0. The molecule has 86 valence electrons. The third-order valence-corrected chi connectivity index (χ3v) is 3.82. The van der Waals surface area contributed by atoms with E-state index in [2.05, 4.69) is 0 Å². The van der Waals surface area contributed by atoms with E-state index in [0.29, 0.717) is 17.6 Å². The lowest BCUT2D eigenvalue weighted by Crippen LogP contribution is -2.17. The van der Waals surface area contributed by atoms with Crippen LogP contribution in [0.4, 0.5) is 0 Å². The molecule has 0 aromatic carbocycles. The Morgan fingerprint density at radius 1 is 1.07 bits per heavy atom. The highest BCUT2D eigenvalue weighted by molar-refractivity contribution is 5.81. The maximum Gasteiger partial charge on any atom is 0.136 e. The van der Waals surface area contributed by atoms with Crippen LogP contribution >= 0.6 is 0 Å². The fraction of sp³-hybridized carbons (Fsp3) is 0.923. The fourth-order valence-corrected chi connectivity index (χ4v) is 2.80. The summed E-state index contributed by atoms with van der Waals surface area (Å²) >= 11 is 0. The summed E-state index contributed by atoms with van der Waals surface area (Å²) in [5.74, 6) is 1.43. The van der Waals surface area contributed by atoms with E-state index in [9.17, 15) is 4.79 Å². The highest BCUT2D eigenvalue weighted by atomic mass is 16.5. The molecule has 0 aromatic heterocycles. The molecule has 0 N–H and O–H groups in total. The van der Waals surface area contributed by atoms with E-state index in [1.807, 2.05) is 0 Å². The zero-order chi connectivity index (χ0) is 10.5. The standard InChI is InChI=1S/C13H22O2/c14-13(9-11-7-8-15-10-11)12-5-3-1-2-4-6-12/h11-12H,1-10H2. The first kappa shape index (κ1) is 11.1. The van der Waals surface area contributed by atoms with E-state index in [-0.39, 0.29) is 0 Å². The van der Waals surface area contributed by atoms with Gasteiger partial charge in [-0.2, -0.15) is 0 Å². The van der Waals surface area contributed by atoms with E-state index in [4.69, 9.17) is 4.74 Å². The van der Waals surface area contributed by atoms with Gasteiger partial charge in [0.2, 0.25) is 0 Å². The van der Waals surface area contributed by atoms with Crippen LogP contribution in [0.15, 0.2) is 0 Å². The molecule has 1 aliphatic carbocycles. The van der Waals surface area contributed by atoms with Crippen LogP contribution < -0.4 is 0 Å². The number of hydrogen-bond acceptors (Lipinski definition) is 2. The Morgan fingerprint density at radius 3 is 2.40 bits per heavy atom. The van der Waals surface area contributed by atoms with Crippen molar-refractivity contribution in [2.24, 2.45) is 11.8 Å². The van der Waals surface area contributed by atoms with Gasteiger partial charge < -0.3 is 4.74 Å². The molecule has 0 amide bonds. The van der Waals surface area contributed by atoms with Gasteiger partial charge in [-0.25, -0.2) is 0 Å². The Morgan fingerprint density at radius 2 is 1.80 bits per heavy atom. The van der Waals surface area contributed by atoms with Gasteiger partial charge in [-0.15, -0.1) is 0 Å². The number of carbonyl (C=O) groups excluding carboxylic acids is 1. The summed E-state index contributed by atoms with van der Waals surface area (Å²) in [7, 11) is 0. The van der Waals surface area contributed by atoms with Crippen molar-refractivity contribution >= 4 is 5.78 Å². The molecule has 2 fully saturated rings. The molecule has 1 atom stereocenters. The number of carbonyl (C=O) groups is 1. The Kier molecular flexibility index (Phi) is 4.18. The number of rotatable bonds is 3. The predicted octanol–water partition coefficient (Wildman–Crippen LogP) is 2.95. The second kappa shape index (κ2) is 5.64. The van der Waals surface area contributed by atoms with Crippen molar-refractivity contribution in [3.63, 3.8) is 0 Å². The second-order valence-corrected chi connectivity index (χ2v) is 5.09. The third-order valence-electron chi connectivity index (χ3n) is 3.82. The molecule has 0 radical (unpaired) electrons. The van der Waals surface area contributed by atoms with E-state index >= 15 is 0 Å². The van der Waals surface area contributed by atoms with Crippen molar-refractivity contribution in [2.45, 2.75) is 51.4 Å². The Bertz CT molecular complexity index is 199. The van der Waals surface area contributed by atoms with Crippen LogP contribution in [0, 0.1) is 11.8 Å². The predicted molar refractivity (Wildman–Crippen MR) is 59.7 cm³/mol. The van der Waals surface area contributed by atoms with E-state index in [1.54, 1.807) is 0 Å². The molecule has 1 saturated heterocycles. The van der Waals surface area contributed by atoms with Gasteiger partial charge in [0.05, 0.1) is 0 Å². The summed E-state index contributed by atoms with van der Waals surface area (Å²) in [6.07, 6.45) is 9.35. The normalized spacial score (nSPS) is 28.9. The number of Topliss-reactive ketones (excluding diaryl/α,β-unsaturated/α-hetero) is 1. The van der Waals surface area contributed by atoms with Crippen molar-refractivity contribution in [3.8, 4) is 0 Å². The van der Waals surface area contributed by atoms with E-state index in [1.165, 1.54) is 25.7 Å². The van der Waals surface area contributed by atoms with E-state index < -0.39 is 0 Å². The zero-order valence-electron chi connectivity index (χ0n) is 9.54. The zero-order valence-corrected chi connectivity index (χ0v) is 9.54. The maximum absolute atomic E-state index is 12.1. The molecule has 0 aromatic rings. The minimum atomic E-state index is 0.382. The van der Waals surface area contributed by atoms with Gasteiger partial charge in [0.1, 0.15) is 5.78 Å². The lowest BCUT2D eigenvalue weighted by molar-refractivity contribution is -0.124. The van der Waals surface area contributed by atoms with Gasteiger partial charge in [0.25, 0.3) is 0 Å². The smallest absolute Gasteiger partial charge is 0.136 e. The molecule has 2 nitrogen and oxygen atoms in total. The van der Waals surface area contributed by atoms with Crippen LogP contribution in [-0.2, 0) is 9.53 Å². The van der Waals surface area contributed by atoms with Crippen molar-refractivity contribution in [3.05, 3.63) is 0 Å². The van der Waals surface area contributed by atoms with Crippen molar-refractivity contribution in [2.75, 3.05) is 13.2 Å². The average molecular weight is 210 g/mol. The van der Waals surface area contributed by atoms with Gasteiger partial charge in [-0.3, -0.25) is 4.79 Å². The minimum absolute atomic E-state index is 0.382. The molecule has 2 aliphatic rings. The SMILES string of the molecule is O=C(CC1CCOC1)C1CCCCCC1. The summed E-state index contributed by atoms with van der Waals surface area (Å²) in [4.78, 5) is 12.1. The Hall–Kier alpha value is -0.370. The quantitative estimate of drug-likeness (QED) is 0.669. The highest BCUT2D eigenvalue weighted by Crippen LogP contribution is 2.27. The number of ether oxygens (including phenoxy) is 1. The largest absolute Gasteiger partial charge is 0.381 e. The molecule has 2 heteroatoms. The van der Waals surface area contributed by atoms with E-state index in [0.717, 1.165) is 38.9 Å². The maximum atomic E-state index is 12.1. The topological polar surface area (TPSA) is 26.3 Å². The van der Waals surface area contributed by atoms with Gasteiger partial charge in [0, 0.05) is 25.6 Å². The van der Waals surface area contributed by atoms with Gasteiger partial charge >= 0.3 is 0 Å². The highest BCUT2D eigenvalue weighted by Gasteiger charge is 2.25. The Labute approximate surface area is 92.4 Å². The molecule has 0 spiro atoms. The first-order chi connectivity index (χ1) is 7.36. The van der Waals surface area contributed by atoms with Crippen molar-refractivity contribution < 1.29 is 9.53 Å². The Balaban J connectivity index is 1.77. The first-order valence-corrected chi connectivity index (χ1v) is 6.46. The van der Waals surface area contributed by atoms with Gasteiger partial charge in [-0.05, 0) is 25.2 Å². The number of hydrogen-bond donors (Lipinski definition) is 0. The van der Waals surface area contributed by atoms with Gasteiger partial charge in [-0.1, -0.05) is 25.7 Å². The molecule has 2 rings (SSSR count). The molecule has 1 saturated carbocycles. The molecular weight excluding hydrogens is 188 g/mol. The first-order valence-electron chi connectivity index (χ1n) is 6.46. The molecule has 1 unspecified atom stereocenters. The van der Waals surface area contributed by atoms with Crippen LogP contribution in [0.5, 0.6) is 0 Å². The molecule has 1 heterocycles.